The normalized spacial score (nSPS) is 23.3. The molecular weight excluding hydrogens is 391 g/mol. The number of nitrogens with one attached hydrogen (secondary N) is 1. The number of carbonyl (C=O) groups excluding carboxylic acids is 1. The Morgan fingerprint density at radius 3 is 2.52 bits per heavy atom. The fourth-order valence-corrected chi connectivity index (χ4v) is 5.08. The molecule has 3 atom stereocenters. The molecule has 0 radical (unpaired) electrons. The van der Waals surface area contributed by atoms with Gasteiger partial charge in [-0.05, 0) is 69.6 Å². The molecule has 5 nitrogen and oxygen atoms in total. The molecule has 2 aliphatic rings. The van der Waals surface area contributed by atoms with Crippen molar-refractivity contribution in [2.24, 2.45) is 18.9 Å². The second-order valence-corrected chi connectivity index (χ2v) is 8.96. The molecule has 1 aromatic heterocycles. The van der Waals surface area contributed by atoms with Crippen LogP contribution in [0.2, 0.25) is 5.02 Å². The van der Waals surface area contributed by atoms with Crippen molar-refractivity contribution in [3.8, 4) is 0 Å². The minimum Gasteiger partial charge on any atom is -0.383 e. The van der Waals surface area contributed by atoms with Crippen LogP contribution >= 0.6 is 11.6 Å². The molecule has 3 N–H and O–H groups in total. The van der Waals surface area contributed by atoms with Crippen LogP contribution in [0, 0.1) is 17.7 Å². The summed E-state index contributed by atoms with van der Waals surface area (Å²) in [5.74, 6) is 1.01. The smallest absolute Gasteiger partial charge is 0.261 e. The second kappa shape index (κ2) is 7.48. The van der Waals surface area contributed by atoms with Crippen molar-refractivity contribution in [3.63, 3.8) is 0 Å². The van der Waals surface area contributed by atoms with E-state index in [9.17, 15) is 9.18 Å². The Hall–Kier alpha value is -2.34. The first-order chi connectivity index (χ1) is 13.7. The van der Waals surface area contributed by atoms with Crippen molar-refractivity contribution in [2.75, 3.05) is 11.1 Å². The number of carbonyl (C=O) groups is 1. The quantitative estimate of drug-likeness (QED) is 0.668. The van der Waals surface area contributed by atoms with E-state index in [-0.39, 0.29) is 16.8 Å². The van der Waals surface area contributed by atoms with Gasteiger partial charge in [0.1, 0.15) is 17.2 Å². The van der Waals surface area contributed by atoms with E-state index in [2.05, 4.69) is 24.3 Å². The number of nitrogens with zero attached hydrogens (tertiary/aromatic N) is 2. The van der Waals surface area contributed by atoms with E-state index in [0.717, 1.165) is 31.4 Å². The van der Waals surface area contributed by atoms with Crippen molar-refractivity contribution < 1.29 is 9.18 Å². The highest BCUT2D eigenvalue weighted by molar-refractivity contribution is 6.31. The fourth-order valence-electron chi connectivity index (χ4n) is 4.90. The Labute approximate surface area is 175 Å². The molecular formula is C22H26ClFN4O. The van der Waals surface area contributed by atoms with Gasteiger partial charge in [-0.15, -0.1) is 0 Å². The van der Waals surface area contributed by atoms with Gasteiger partial charge in [-0.25, -0.2) is 4.39 Å². The minimum absolute atomic E-state index is 0.0409. The predicted molar refractivity (Wildman–Crippen MR) is 114 cm³/mol. The zero-order valence-electron chi connectivity index (χ0n) is 16.9. The number of aromatic nitrogens is 2. The largest absolute Gasteiger partial charge is 0.383 e. The molecule has 29 heavy (non-hydrogen) atoms. The number of hydrogen-bond acceptors (Lipinski definition) is 3. The lowest BCUT2D eigenvalue weighted by molar-refractivity contribution is 0.102. The van der Waals surface area contributed by atoms with Crippen molar-refractivity contribution in [1.82, 2.24) is 9.78 Å². The van der Waals surface area contributed by atoms with Crippen LogP contribution in [0.25, 0.3) is 0 Å². The third-order valence-corrected chi connectivity index (χ3v) is 6.77. The molecule has 7 heteroatoms. The Morgan fingerprint density at radius 2 is 1.93 bits per heavy atom. The minimum atomic E-state index is -0.528. The van der Waals surface area contributed by atoms with Crippen LogP contribution in [0.15, 0.2) is 29.3 Å². The number of fused-ring (bicyclic) bond motifs is 1. The highest BCUT2D eigenvalue weighted by Crippen LogP contribution is 2.53. The molecule has 1 aromatic carbocycles. The number of anilines is 2. The Morgan fingerprint density at radius 1 is 1.28 bits per heavy atom. The maximum absolute atomic E-state index is 13.4. The van der Waals surface area contributed by atoms with Crippen LogP contribution in [-0.4, -0.2) is 15.7 Å². The number of halogens is 2. The van der Waals surface area contributed by atoms with E-state index in [1.807, 2.05) is 0 Å². The molecule has 2 unspecified atom stereocenters. The zero-order valence-corrected chi connectivity index (χ0v) is 17.7. The predicted octanol–water partition coefficient (Wildman–Crippen LogP) is 5.29. The maximum atomic E-state index is 13.4. The highest BCUT2D eigenvalue weighted by atomic mass is 35.5. The number of benzene rings is 1. The molecule has 2 aromatic rings. The Bertz CT molecular complexity index is 992. The first-order valence-corrected chi connectivity index (χ1v) is 10.4. The number of nitrogens with two attached hydrogens (primary N) is 1. The lowest BCUT2D eigenvalue weighted by Crippen LogP contribution is -2.16. The van der Waals surface area contributed by atoms with E-state index in [1.165, 1.54) is 23.8 Å². The molecule has 2 fully saturated rings. The van der Waals surface area contributed by atoms with E-state index in [1.54, 1.807) is 17.3 Å². The van der Waals surface area contributed by atoms with Gasteiger partial charge < -0.3 is 11.1 Å². The average molecular weight is 417 g/mol. The third kappa shape index (κ3) is 3.66. The van der Waals surface area contributed by atoms with Crippen LogP contribution in [-0.2, 0) is 7.05 Å². The van der Waals surface area contributed by atoms with E-state index in [4.69, 9.17) is 17.3 Å². The van der Waals surface area contributed by atoms with Crippen LogP contribution in [0.1, 0.15) is 61.5 Å². The summed E-state index contributed by atoms with van der Waals surface area (Å²) in [6.45, 7) is 4.38. The molecule has 2 saturated carbocycles. The van der Waals surface area contributed by atoms with Gasteiger partial charge in [0.15, 0.2) is 0 Å². The molecule has 0 spiro atoms. The van der Waals surface area contributed by atoms with E-state index in [0.29, 0.717) is 28.9 Å². The zero-order chi connectivity index (χ0) is 20.9. The fraction of sp³-hybridized carbons (Fsp3) is 0.455. The van der Waals surface area contributed by atoms with Gasteiger partial charge in [0.2, 0.25) is 0 Å². The van der Waals surface area contributed by atoms with Crippen molar-refractivity contribution in [1.29, 1.82) is 0 Å². The molecule has 0 aliphatic heterocycles. The van der Waals surface area contributed by atoms with Gasteiger partial charge in [0, 0.05) is 18.7 Å². The van der Waals surface area contributed by atoms with E-state index >= 15 is 0 Å². The Balaban J connectivity index is 1.57. The van der Waals surface area contributed by atoms with Gasteiger partial charge >= 0.3 is 0 Å². The second-order valence-electron chi connectivity index (χ2n) is 8.55. The SMILES string of the molecule is CC(C)=C1CC2CC(c3nn(C)c(N)c3C(=O)Nc3ccc(F)c(Cl)c3)C[C@@H]2C1. The number of nitrogen functional groups attached to an aromatic ring is 1. The topological polar surface area (TPSA) is 72.9 Å². The van der Waals surface area contributed by atoms with Gasteiger partial charge in [-0.2, -0.15) is 5.10 Å². The summed E-state index contributed by atoms with van der Waals surface area (Å²) in [5.41, 5.74) is 10.8. The lowest BCUT2D eigenvalue weighted by atomic mass is 9.94. The number of aryl methyl sites for hydroxylation is 1. The lowest BCUT2D eigenvalue weighted by Gasteiger charge is -2.13. The Kier molecular flexibility index (Phi) is 5.15. The van der Waals surface area contributed by atoms with Gasteiger partial charge in [-0.1, -0.05) is 22.7 Å². The molecule has 154 valence electrons. The summed E-state index contributed by atoms with van der Waals surface area (Å²) in [5, 5.41) is 7.35. The molecule has 1 heterocycles. The number of amides is 1. The number of allylic oxidation sites excluding steroid dienone is 2. The molecule has 2 aliphatic carbocycles. The summed E-state index contributed by atoms with van der Waals surface area (Å²) in [6, 6.07) is 4.10. The third-order valence-electron chi connectivity index (χ3n) is 6.48. The highest BCUT2D eigenvalue weighted by Gasteiger charge is 2.42. The van der Waals surface area contributed by atoms with Crippen LogP contribution in [0.4, 0.5) is 15.9 Å². The monoisotopic (exact) mass is 416 g/mol. The standard InChI is InChI=1S/C22H26ClFN4O/c1-11(2)12-6-13-8-15(9-14(13)7-12)20-19(21(25)28(3)27-20)22(29)26-16-4-5-18(24)17(23)10-16/h4-5,10,13-15H,6-9,25H2,1-3H3,(H,26,29)/t13-,14?,15?/m0/s1. The summed E-state index contributed by atoms with van der Waals surface area (Å²) < 4.78 is 15.0. The average Bonchev–Trinajstić information content (AvgIpc) is 3.30. The van der Waals surface area contributed by atoms with Gasteiger partial charge in [0.05, 0.1) is 10.7 Å². The molecule has 0 saturated heterocycles. The number of rotatable bonds is 3. The van der Waals surface area contributed by atoms with Crippen LogP contribution in [0.3, 0.4) is 0 Å². The molecule has 4 rings (SSSR count). The first kappa shape index (κ1) is 20.0. The number of hydrogen-bond donors (Lipinski definition) is 2. The van der Waals surface area contributed by atoms with Gasteiger partial charge in [0.25, 0.3) is 5.91 Å². The summed E-state index contributed by atoms with van der Waals surface area (Å²) in [4.78, 5) is 13.0. The van der Waals surface area contributed by atoms with E-state index < -0.39 is 5.82 Å². The summed E-state index contributed by atoms with van der Waals surface area (Å²) in [7, 11) is 1.75. The molecule has 1 amide bonds. The van der Waals surface area contributed by atoms with Crippen molar-refractivity contribution in [3.05, 3.63) is 51.4 Å². The summed E-state index contributed by atoms with van der Waals surface area (Å²) in [6.07, 6.45) is 4.37. The van der Waals surface area contributed by atoms with Crippen LogP contribution in [0.5, 0.6) is 0 Å². The van der Waals surface area contributed by atoms with Crippen molar-refractivity contribution >= 4 is 29.0 Å². The summed E-state index contributed by atoms with van der Waals surface area (Å²) >= 11 is 5.83. The first-order valence-electron chi connectivity index (χ1n) is 9.98. The van der Waals surface area contributed by atoms with Gasteiger partial charge in [-0.3, -0.25) is 9.48 Å². The maximum Gasteiger partial charge on any atom is 0.261 e. The van der Waals surface area contributed by atoms with Crippen LogP contribution < -0.4 is 11.1 Å². The molecule has 0 bridgehead atoms. The van der Waals surface area contributed by atoms with Crippen molar-refractivity contribution in [2.45, 2.75) is 45.4 Å².